The number of aromatic amines is 1. The van der Waals surface area contributed by atoms with Crippen LogP contribution in [0.25, 0.3) is 0 Å². The molecule has 0 fully saturated rings. The van der Waals surface area contributed by atoms with E-state index >= 15 is 0 Å². The van der Waals surface area contributed by atoms with Crippen LogP contribution in [0.1, 0.15) is 22.6 Å². The molecule has 1 aromatic heterocycles. The SMILES string of the molecule is COc1ccc(CN2CCc3nc(C)[nH]c(=O)c3C2)c(OC)c1. The van der Waals surface area contributed by atoms with Gasteiger partial charge in [0.2, 0.25) is 0 Å². The summed E-state index contributed by atoms with van der Waals surface area (Å²) in [6.45, 7) is 4.02. The van der Waals surface area contributed by atoms with E-state index in [4.69, 9.17) is 9.47 Å². The molecule has 0 bridgehead atoms. The van der Waals surface area contributed by atoms with Crippen LogP contribution in [0.4, 0.5) is 0 Å². The summed E-state index contributed by atoms with van der Waals surface area (Å²) in [5, 5.41) is 0. The molecule has 0 spiro atoms. The predicted molar refractivity (Wildman–Crippen MR) is 87.0 cm³/mol. The Hall–Kier alpha value is -2.34. The highest BCUT2D eigenvalue weighted by Gasteiger charge is 2.21. The Bertz CT molecular complexity index is 770. The zero-order chi connectivity index (χ0) is 16.4. The summed E-state index contributed by atoms with van der Waals surface area (Å²) in [6.07, 6.45) is 0.790. The van der Waals surface area contributed by atoms with Crippen molar-refractivity contribution in [2.45, 2.75) is 26.4 Å². The zero-order valence-electron chi connectivity index (χ0n) is 13.7. The average molecular weight is 315 g/mol. The molecule has 0 unspecified atom stereocenters. The second kappa shape index (κ2) is 6.42. The van der Waals surface area contributed by atoms with Gasteiger partial charge in [0, 0.05) is 37.7 Å². The van der Waals surface area contributed by atoms with E-state index < -0.39 is 0 Å². The van der Waals surface area contributed by atoms with E-state index in [1.54, 1.807) is 14.2 Å². The van der Waals surface area contributed by atoms with Gasteiger partial charge in [-0.1, -0.05) is 6.07 Å². The minimum atomic E-state index is -0.0288. The molecule has 122 valence electrons. The molecular weight excluding hydrogens is 294 g/mol. The van der Waals surface area contributed by atoms with Crippen LogP contribution in [0.2, 0.25) is 0 Å². The highest BCUT2D eigenvalue weighted by atomic mass is 16.5. The van der Waals surface area contributed by atoms with Crippen LogP contribution in [-0.4, -0.2) is 35.6 Å². The molecule has 0 atom stereocenters. The van der Waals surface area contributed by atoms with Gasteiger partial charge in [0.1, 0.15) is 17.3 Å². The Morgan fingerprint density at radius 2 is 2.13 bits per heavy atom. The molecule has 2 aromatic rings. The van der Waals surface area contributed by atoms with Gasteiger partial charge < -0.3 is 14.5 Å². The summed E-state index contributed by atoms with van der Waals surface area (Å²) < 4.78 is 10.7. The lowest BCUT2D eigenvalue weighted by atomic mass is 10.1. The van der Waals surface area contributed by atoms with E-state index in [1.807, 2.05) is 25.1 Å². The molecule has 0 saturated carbocycles. The summed E-state index contributed by atoms with van der Waals surface area (Å²) in [5.74, 6) is 2.25. The number of hydrogen-bond donors (Lipinski definition) is 1. The Morgan fingerprint density at radius 3 is 2.87 bits per heavy atom. The van der Waals surface area contributed by atoms with E-state index in [0.29, 0.717) is 12.4 Å². The minimum Gasteiger partial charge on any atom is -0.497 e. The third-order valence-electron chi connectivity index (χ3n) is 4.15. The minimum absolute atomic E-state index is 0.0288. The third-order valence-corrected chi connectivity index (χ3v) is 4.15. The topological polar surface area (TPSA) is 67.5 Å². The van der Waals surface area contributed by atoms with Crippen LogP contribution in [0.15, 0.2) is 23.0 Å². The first kappa shape index (κ1) is 15.6. The smallest absolute Gasteiger partial charge is 0.255 e. The summed E-state index contributed by atoms with van der Waals surface area (Å²) in [5.41, 5.74) is 2.74. The van der Waals surface area contributed by atoms with Gasteiger partial charge in [-0.25, -0.2) is 4.98 Å². The maximum Gasteiger partial charge on any atom is 0.255 e. The normalized spacial score (nSPS) is 14.4. The molecule has 0 aliphatic carbocycles. The molecule has 6 nitrogen and oxygen atoms in total. The van der Waals surface area contributed by atoms with Crippen molar-refractivity contribution < 1.29 is 9.47 Å². The van der Waals surface area contributed by atoms with E-state index in [9.17, 15) is 4.79 Å². The van der Waals surface area contributed by atoms with Crippen LogP contribution >= 0.6 is 0 Å². The van der Waals surface area contributed by atoms with E-state index in [2.05, 4.69) is 14.9 Å². The maximum atomic E-state index is 12.1. The Morgan fingerprint density at radius 1 is 1.30 bits per heavy atom. The van der Waals surface area contributed by atoms with Gasteiger partial charge in [0.25, 0.3) is 5.56 Å². The largest absolute Gasteiger partial charge is 0.497 e. The summed E-state index contributed by atoms with van der Waals surface area (Å²) in [7, 11) is 3.29. The lowest BCUT2D eigenvalue weighted by molar-refractivity contribution is 0.237. The fraction of sp³-hybridized carbons (Fsp3) is 0.412. The van der Waals surface area contributed by atoms with Crippen LogP contribution < -0.4 is 15.0 Å². The molecule has 3 rings (SSSR count). The number of aromatic nitrogens is 2. The van der Waals surface area contributed by atoms with E-state index in [-0.39, 0.29) is 5.56 Å². The van der Waals surface area contributed by atoms with Crippen LogP contribution in [0.5, 0.6) is 11.5 Å². The number of fused-ring (bicyclic) bond motifs is 1. The van der Waals surface area contributed by atoms with Gasteiger partial charge >= 0.3 is 0 Å². The fourth-order valence-electron chi connectivity index (χ4n) is 2.96. The van der Waals surface area contributed by atoms with Crippen molar-refractivity contribution >= 4 is 0 Å². The average Bonchev–Trinajstić information content (AvgIpc) is 2.55. The number of ether oxygens (including phenoxy) is 2. The van der Waals surface area contributed by atoms with Crippen molar-refractivity contribution in [2.75, 3.05) is 20.8 Å². The first-order chi connectivity index (χ1) is 11.1. The first-order valence-electron chi connectivity index (χ1n) is 7.62. The van der Waals surface area contributed by atoms with Crippen molar-refractivity contribution in [3.63, 3.8) is 0 Å². The third kappa shape index (κ3) is 3.22. The fourth-order valence-corrected chi connectivity index (χ4v) is 2.96. The molecule has 1 aliphatic rings. The summed E-state index contributed by atoms with van der Waals surface area (Å²) in [6, 6.07) is 5.81. The number of aryl methyl sites for hydroxylation is 1. The standard InChI is InChI=1S/C17H21N3O3/c1-11-18-15-6-7-20(10-14(15)17(21)19-11)9-12-4-5-13(22-2)8-16(12)23-3/h4-5,8H,6-7,9-10H2,1-3H3,(H,18,19,21). The summed E-state index contributed by atoms with van der Waals surface area (Å²) in [4.78, 5) is 21.6. The number of nitrogens with one attached hydrogen (secondary N) is 1. The zero-order valence-corrected chi connectivity index (χ0v) is 13.7. The lowest BCUT2D eigenvalue weighted by Crippen LogP contribution is -2.35. The van der Waals surface area contributed by atoms with Gasteiger partial charge in [0.05, 0.1) is 25.5 Å². The van der Waals surface area contributed by atoms with Crippen molar-refractivity contribution in [1.82, 2.24) is 14.9 Å². The monoisotopic (exact) mass is 315 g/mol. The molecule has 6 heteroatoms. The molecule has 0 amide bonds. The first-order valence-corrected chi connectivity index (χ1v) is 7.62. The lowest BCUT2D eigenvalue weighted by Gasteiger charge is -2.28. The van der Waals surface area contributed by atoms with Crippen LogP contribution in [0, 0.1) is 6.92 Å². The Labute approximate surface area is 135 Å². The second-order valence-electron chi connectivity index (χ2n) is 5.72. The molecule has 1 N–H and O–H groups in total. The van der Waals surface area contributed by atoms with Gasteiger partial charge in [-0.05, 0) is 13.0 Å². The molecule has 2 heterocycles. The summed E-state index contributed by atoms with van der Waals surface area (Å²) >= 11 is 0. The van der Waals surface area contributed by atoms with Crippen molar-refractivity contribution in [3.05, 3.63) is 51.2 Å². The molecule has 1 aromatic carbocycles. The highest BCUT2D eigenvalue weighted by molar-refractivity contribution is 5.40. The Kier molecular flexibility index (Phi) is 4.34. The number of benzene rings is 1. The molecular formula is C17H21N3O3. The van der Waals surface area contributed by atoms with Gasteiger partial charge in [-0.2, -0.15) is 0 Å². The quantitative estimate of drug-likeness (QED) is 0.929. The van der Waals surface area contributed by atoms with Gasteiger partial charge in [0.15, 0.2) is 0 Å². The number of H-pyrrole nitrogens is 1. The van der Waals surface area contributed by atoms with Crippen LogP contribution in [0.3, 0.4) is 0 Å². The van der Waals surface area contributed by atoms with Crippen LogP contribution in [-0.2, 0) is 19.5 Å². The maximum absolute atomic E-state index is 12.1. The number of rotatable bonds is 4. The second-order valence-corrected chi connectivity index (χ2v) is 5.72. The Balaban J connectivity index is 1.81. The van der Waals surface area contributed by atoms with Crippen molar-refractivity contribution in [2.24, 2.45) is 0 Å². The van der Waals surface area contributed by atoms with Gasteiger partial charge in [-0.15, -0.1) is 0 Å². The molecule has 1 aliphatic heterocycles. The molecule has 0 saturated heterocycles. The molecule has 0 radical (unpaired) electrons. The highest BCUT2D eigenvalue weighted by Crippen LogP contribution is 2.27. The predicted octanol–water partition coefficient (Wildman–Crippen LogP) is 1.65. The van der Waals surface area contributed by atoms with Crippen molar-refractivity contribution in [3.8, 4) is 11.5 Å². The van der Waals surface area contributed by atoms with Crippen molar-refractivity contribution in [1.29, 1.82) is 0 Å². The van der Waals surface area contributed by atoms with Gasteiger partial charge in [-0.3, -0.25) is 9.69 Å². The van der Waals surface area contributed by atoms with E-state index in [1.165, 1.54) is 0 Å². The number of nitrogens with zero attached hydrogens (tertiary/aromatic N) is 2. The van der Waals surface area contributed by atoms with E-state index in [0.717, 1.165) is 47.8 Å². The number of methoxy groups -OCH3 is 2. The molecule has 23 heavy (non-hydrogen) atoms. The number of hydrogen-bond acceptors (Lipinski definition) is 5.